The SMILES string of the molecule is COc1cccc(Cc2nc3c(Cc4cccc(F)c4)nc(-c4ccccc4)cn3c2CC(=O)O)c1. The summed E-state index contributed by atoms with van der Waals surface area (Å²) in [5, 5.41) is 9.72. The molecule has 180 valence electrons. The molecular formula is C29H24FN3O3. The van der Waals surface area contributed by atoms with Crippen molar-refractivity contribution in [2.75, 3.05) is 7.11 Å². The molecule has 1 N–H and O–H groups in total. The number of carbonyl (C=O) groups is 1. The van der Waals surface area contributed by atoms with E-state index in [1.54, 1.807) is 13.2 Å². The van der Waals surface area contributed by atoms with Crippen molar-refractivity contribution in [3.05, 3.63) is 119 Å². The fraction of sp³-hybridized carbons (Fsp3) is 0.138. The van der Waals surface area contributed by atoms with Gasteiger partial charge in [0.15, 0.2) is 5.65 Å². The van der Waals surface area contributed by atoms with Crippen molar-refractivity contribution in [2.45, 2.75) is 19.3 Å². The molecule has 7 heteroatoms. The van der Waals surface area contributed by atoms with E-state index < -0.39 is 5.97 Å². The van der Waals surface area contributed by atoms with Gasteiger partial charge in [-0.3, -0.25) is 9.20 Å². The van der Waals surface area contributed by atoms with Gasteiger partial charge in [0.2, 0.25) is 0 Å². The van der Waals surface area contributed by atoms with Gasteiger partial charge in [-0.1, -0.05) is 54.6 Å². The van der Waals surface area contributed by atoms with Crippen LogP contribution in [0.4, 0.5) is 4.39 Å². The Kier molecular flexibility index (Phi) is 6.45. The summed E-state index contributed by atoms with van der Waals surface area (Å²) in [5.41, 5.74) is 5.73. The van der Waals surface area contributed by atoms with Crippen molar-refractivity contribution in [2.24, 2.45) is 0 Å². The van der Waals surface area contributed by atoms with Crippen LogP contribution in [0.3, 0.4) is 0 Å². The van der Waals surface area contributed by atoms with Gasteiger partial charge in [0.25, 0.3) is 0 Å². The second-order valence-corrected chi connectivity index (χ2v) is 8.54. The largest absolute Gasteiger partial charge is 0.497 e. The summed E-state index contributed by atoms with van der Waals surface area (Å²) in [6, 6.07) is 23.7. The minimum absolute atomic E-state index is 0.196. The van der Waals surface area contributed by atoms with Crippen molar-refractivity contribution >= 4 is 11.6 Å². The predicted octanol–water partition coefficient (Wildman–Crippen LogP) is 5.35. The topological polar surface area (TPSA) is 76.7 Å². The number of methoxy groups -OCH3 is 1. The van der Waals surface area contributed by atoms with E-state index in [1.807, 2.05) is 71.3 Å². The number of halogens is 1. The summed E-state index contributed by atoms with van der Waals surface area (Å²) in [7, 11) is 1.61. The normalized spacial score (nSPS) is 11.1. The maximum atomic E-state index is 13.9. The van der Waals surface area contributed by atoms with Gasteiger partial charge in [0.1, 0.15) is 11.6 Å². The van der Waals surface area contributed by atoms with Gasteiger partial charge in [0, 0.05) is 24.6 Å². The number of rotatable bonds is 8. The average molecular weight is 482 g/mol. The lowest BCUT2D eigenvalue weighted by Gasteiger charge is -2.10. The van der Waals surface area contributed by atoms with Crippen molar-refractivity contribution in [3.63, 3.8) is 0 Å². The maximum Gasteiger partial charge on any atom is 0.309 e. The van der Waals surface area contributed by atoms with Gasteiger partial charge in [0.05, 0.1) is 36.3 Å². The van der Waals surface area contributed by atoms with E-state index in [0.29, 0.717) is 41.3 Å². The minimum Gasteiger partial charge on any atom is -0.497 e. The highest BCUT2D eigenvalue weighted by Crippen LogP contribution is 2.26. The number of fused-ring (bicyclic) bond motifs is 1. The first kappa shape index (κ1) is 23.2. The smallest absolute Gasteiger partial charge is 0.309 e. The van der Waals surface area contributed by atoms with Crippen LogP contribution in [-0.4, -0.2) is 32.6 Å². The van der Waals surface area contributed by atoms with Crippen LogP contribution in [0.15, 0.2) is 85.1 Å². The quantitative estimate of drug-likeness (QED) is 0.323. The van der Waals surface area contributed by atoms with Crippen LogP contribution in [0, 0.1) is 5.82 Å². The van der Waals surface area contributed by atoms with Gasteiger partial charge in [-0.2, -0.15) is 0 Å². The second-order valence-electron chi connectivity index (χ2n) is 8.54. The van der Waals surface area contributed by atoms with Crippen molar-refractivity contribution < 1.29 is 19.0 Å². The molecule has 5 aromatic rings. The zero-order valence-corrected chi connectivity index (χ0v) is 19.7. The molecule has 0 atom stereocenters. The molecule has 0 fully saturated rings. The molecule has 0 amide bonds. The number of ether oxygens (including phenoxy) is 1. The van der Waals surface area contributed by atoms with Crippen LogP contribution >= 0.6 is 0 Å². The Morgan fingerprint density at radius 3 is 2.36 bits per heavy atom. The van der Waals surface area contributed by atoms with E-state index in [1.165, 1.54) is 12.1 Å². The van der Waals surface area contributed by atoms with Crippen LogP contribution in [-0.2, 0) is 24.1 Å². The molecule has 0 aliphatic carbocycles. The fourth-order valence-corrected chi connectivity index (χ4v) is 4.36. The van der Waals surface area contributed by atoms with Crippen LogP contribution in [0.1, 0.15) is 28.2 Å². The number of nitrogens with zero attached hydrogens (tertiary/aromatic N) is 3. The van der Waals surface area contributed by atoms with Gasteiger partial charge < -0.3 is 9.84 Å². The zero-order valence-electron chi connectivity index (χ0n) is 19.7. The van der Waals surface area contributed by atoms with Gasteiger partial charge in [-0.25, -0.2) is 14.4 Å². The van der Waals surface area contributed by atoms with Gasteiger partial charge in [-0.15, -0.1) is 0 Å². The van der Waals surface area contributed by atoms with Crippen molar-refractivity contribution in [1.82, 2.24) is 14.4 Å². The van der Waals surface area contributed by atoms with E-state index in [-0.39, 0.29) is 12.2 Å². The van der Waals surface area contributed by atoms with Gasteiger partial charge >= 0.3 is 5.97 Å². The maximum absolute atomic E-state index is 13.9. The molecular weight excluding hydrogens is 457 g/mol. The predicted molar refractivity (Wildman–Crippen MR) is 135 cm³/mol. The van der Waals surface area contributed by atoms with Gasteiger partial charge in [-0.05, 0) is 35.4 Å². The highest BCUT2D eigenvalue weighted by molar-refractivity contribution is 5.71. The third-order valence-corrected chi connectivity index (χ3v) is 6.01. The number of aromatic nitrogens is 3. The second kappa shape index (κ2) is 10.00. The van der Waals surface area contributed by atoms with Crippen molar-refractivity contribution in [3.8, 4) is 17.0 Å². The average Bonchev–Trinajstić information content (AvgIpc) is 3.21. The highest BCUT2D eigenvalue weighted by Gasteiger charge is 2.20. The molecule has 3 aromatic carbocycles. The lowest BCUT2D eigenvalue weighted by molar-refractivity contribution is -0.136. The molecule has 0 saturated heterocycles. The highest BCUT2D eigenvalue weighted by atomic mass is 19.1. The Morgan fingerprint density at radius 1 is 0.917 bits per heavy atom. The molecule has 36 heavy (non-hydrogen) atoms. The number of hydrogen-bond donors (Lipinski definition) is 1. The number of aliphatic carboxylic acids is 1. The Bertz CT molecular complexity index is 1550. The number of imidazole rings is 1. The van der Waals surface area contributed by atoms with Crippen molar-refractivity contribution in [1.29, 1.82) is 0 Å². The lowest BCUT2D eigenvalue weighted by atomic mass is 10.1. The molecule has 0 radical (unpaired) electrons. The molecule has 0 aliphatic rings. The first-order valence-corrected chi connectivity index (χ1v) is 11.5. The molecule has 0 saturated carbocycles. The van der Waals surface area contributed by atoms with E-state index >= 15 is 0 Å². The molecule has 0 aliphatic heterocycles. The fourth-order valence-electron chi connectivity index (χ4n) is 4.36. The first-order chi connectivity index (χ1) is 17.5. The van der Waals surface area contributed by atoms with E-state index in [4.69, 9.17) is 14.7 Å². The Morgan fingerprint density at radius 2 is 1.64 bits per heavy atom. The first-order valence-electron chi connectivity index (χ1n) is 11.5. The minimum atomic E-state index is -0.951. The van der Waals surface area contributed by atoms with Crippen LogP contribution in [0.5, 0.6) is 5.75 Å². The third-order valence-electron chi connectivity index (χ3n) is 6.01. The summed E-state index contributed by atoms with van der Waals surface area (Å²) in [6.45, 7) is 0. The lowest BCUT2D eigenvalue weighted by Crippen LogP contribution is -2.08. The number of hydrogen-bond acceptors (Lipinski definition) is 4. The Hall–Kier alpha value is -4.52. The molecule has 0 unspecified atom stereocenters. The summed E-state index contributed by atoms with van der Waals surface area (Å²) in [6.07, 6.45) is 2.42. The molecule has 6 nitrogen and oxygen atoms in total. The summed E-state index contributed by atoms with van der Waals surface area (Å²) in [4.78, 5) is 21.6. The molecule has 2 heterocycles. The third kappa shape index (κ3) is 4.95. The van der Waals surface area contributed by atoms with E-state index in [0.717, 1.165) is 22.4 Å². The van der Waals surface area contributed by atoms with E-state index in [9.17, 15) is 14.3 Å². The monoisotopic (exact) mass is 481 g/mol. The molecule has 5 rings (SSSR count). The Labute approximate surface area is 207 Å². The van der Waals surface area contributed by atoms with Crippen LogP contribution in [0.2, 0.25) is 0 Å². The van der Waals surface area contributed by atoms with E-state index in [2.05, 4.69) is 0 Å². The summed E-state index contributed by atoms with van der Waals surface area (Å²) >= 11 is 0. The molecule has 2 aromatic heterocycles. The molecule has 0 bridgehead atoms. The number of carboxylic acid groups (broad SMARTS) is 1. The van der Waals surface area contributed by atoms with Crippen LogP contribution < -0.4 is 4.74 Å². The standard InChI is InChI=1S/C29H24FN3O3/c1-36-23-12-6-8-20(14-23)15-24-27(17-28(34)35)33-18-26(21-9-3-2-4-10-21)31-25(29(33)32-24)16-19-7-5-11-22(30)13-19/h2-14,18H,15-17H2,1H3,(H,34,35). The summed E-state index contributed by atoms with van der Waals surface area (Å²) < 4.78 is 21.1. The summed E-state index contributed by atoms with van der Waals surface area (Å²) in [5.74, 6) is -0.555. The number of carboxylic acids is 1. The molecule has 0 spiro atoms. The Balaban J connectivity index is 1.70. The van der Waals surface area contributed by atoms with Crippen LogP contribution in [0.25, 0.3) is 16.9 Å². The number of benzene rings is 3. The zero-order chi connectivity index (χ0) is 25.1.